The van der Waals surface area contributed by atoms with Gasteiger partial charge in [-0.15, -0.1) is 0 Å². The van der Waals surface area contributed by atoms with Gasteiger partial charge in [0, 0.05) is 19.6 Å². The van der Waals surface area contributed by atoms with E-state index in [4.69, 9.17) is 9.47 Å². The highest BCUT2D eigenvalue weighted by atomic mass is 16.6. The maximum absolute atomic E-state index is 13.6. The second-order valence-corrected chi connectivity index (χ2v) is 10.3. The van der Waals surface area contributed by atoms with E-state index in [0.717, 1.165) is 12.0 Å². The molecule has 0 aromatic heterocycles. The van der Waals surface area contributed by atoms with Crippen molar-refractivity contribution in [3.05, 3.63) is 35.9 Å². The Bertz CT molecular complexity index is 832. The lowest BCUT2D eigenvalue weighted by atomic mass is 9.78. The van der Waals surface area contributed by atoms with Crippen molar-refractivity contribution in [2.24, 2.45) is 11.3 Å². The zero-order valence-corrected chi connectivity index (χ0v) is 19.9. The quantitative estimate of drug-likeness (QED) is 0.642. The molecule has 1 spiro atoms. The Morgan fingerprint density at radius 3 is 2.41 bits per heavy atom. The second kappa shape index (κ2) is 9.51. The summed E-state index contributed by atoms with van der Waals surface area (Å²) in [4.78, 5) is 42.5. The molecule has 32 heavy (non-hydrogen) atoms. The predicted octanol–water partition coefficient (Wildman–Crippen LogP) is 4.00. The highest BCUT2D eigenvalue weighted by Crippen LogP contribution is 2.42. The van der Waals surface area contributed by atoms with Crippen LogP contribution in [0.2, 0.25) is 0 Å². The molecule has 7 heteroatoms. The molecule has 2 saturated heterocycles. The molecule has 3 rings (SSSR count). The third-order valence-corrected chi connectivity index (χ3v) is 6.21. The molecule has 0 aliphatic carbocycles. The van der Waals surface area contributed by atoms with Crippen molar-refractivity contribution in [3.63, 3.8) is 0 Å². The minimum atomic E-state index is -0.651. The molecule has 2 heterocycles. The Balaban J connectivity index is 1.69. The van der Waals surface area contributed by atoms with Gasteiger partial charge in [-0.2, -0.15) is 0 Å². The zero-order chi connectivity index (χ0) is 23.5. The van der Waals surface area contributed by atoms with Gasteiger partial charge in [-0.05, 0) is 51.5 Å². The van der Waals surface area contributed by atoms with Gasteiger partial charge in [-0.1, -0.05) is 44.2 Å². The van der Waals surface area contributed by atoms with E-state index in [-0.39, 0.29) is 30.5 Å². The Morgan fingerprint density at radius 1 is 1.09 bits per heavy atom. The summed E-state index contributed by atoms with van der Waals surface area (Å²) in [6.45, 7) is 11.0. The van der Waals surface area contributed by atoms with Crippen LogP contribution in [-0.2, 0) is 25.7 Å². The Morgan fingerprint density at radius 2 is 1.78 bits per heavy atom. The lowest BCUT2D eigenvalue weighted by molar-refractivity contribution is -0.159. The molecule has 0 bridgehead atoms. The fraction of sp³-hybridized carbons (Fsp3) is 0.640. The predicted molar refractivity (Wildman–Crippen MR) is 121 cm³/mol. The Kier molecular flexibility index (Phi) is 7.16. The first-order chi connectivity index (χ1) is 15.0. The number of nitrogens with zero attached hydrogens (tertiary/aromatic N) is 2. The van der Waals surface area contributed by atoms with Gasteiger partial charge in [-0.25, -0.2) is 9.59 Å². The van der Waals surface area contributed by atoms with Crippen LogP contribution < -0.4 is 0 Å². The SMILES string of the molecule is CC(C)C(C(=O)OCc1ccccc1)N1CC[C@@]2(CCCN(C(=O)OC(C)(C)C)C2)C1=O. The number of esters is 1. The van der Waals surface area contributed by atoms with E-state index in [9.17, 15) is 14.4 Å². The van der Waals surface area contributed by atoms with Crippen LogP contribution in [0.4, 0.5) is 4.79 Å². The van der Waals surface area contributed by atoms with E-state index in [2.05, 4.69) is 0 Å². The monoisotopic (exact) mass is 444 g/mol. The minimum absolute atomic E-state index is 0.0545. The Labute approximate surface area is 191 Å². The van der Waals surface area contributed by atoms with Crippen molar-refractivity contribution in [1.82, 2.24) is 9.80 Å². The summed E-state index contributed by atoms with van der Waals surface area (Å²) in [5.41, 5.74) is -0.325. The van der Waals surface area contributed by atoms with Crippen LogP contribution in [0.15, 0.2) is 30.3 Å². The summed E-state index contributed by atoms with van der Waals surface area (Å²) in [5, 5.41) is 0. The number of carbonyl (C=O) groups is 3. The second-order valence-electron chi connectivity index (χ2n) is 10.3. The number of amides is 2. The van der Waals surface area contributed by atoms with Gasteiger partial charge in [0.05, 0.1) is 5.41 Å². The van der Waals surface area contributed by atoms with Gasteiger partial charge in [0.2, 0.25) is 5.91 Å². The molecule has 2 fully saturated rings. The lowest BCUT2D eigenvalue weighted by Crippen LogP contribution is -2.53. The van der Waals surface area contributed by atoms with Crippen LogP contribution in [0.25, 0.3) is 0 Å². The first kappa shape index (κ1) is 24.1. The number of piperidine rings is 1. The highest BCUT2D eigenvalue weighted by molar-refractivity contribution is 5.90. The molecule has 7 nitrogen and oxygen atoms in total. The number of ether oxygens (including phenoxy) is 2. The standard InChI is InChI=1S/C25H36N2O5/c1-18(2)20(21(28)31-16-19-10-7-6-8-11-19)27-15-13-25(22(27)29)12-9-14-26(17-25)23(30)32-24(3,4)5/h6-8,10-11,18,20H,9,12-17H2,1-5H3/t20?,25-/m1/s1. The molecule has 0 N–H and O–H groups in total. The largest absolute Gasteiger partial charge is 0.459 e. The van der Waals surface area contributed by atoms with E-state index >= 15 is 0 Å². The van der Waals surface area contributed by atoms with Crippen LogP contribution >= 0.6 is 0 Å². The van der Waals surface area contributed by atoms with E-state index in [1.165, 1.54) is 0 Å². The molecule has 2 atom stereocenters. The average Bonchev–Trinajstić information content (AvgIpc) is 3.01. The van der Waals surface area contributed by atoms with Gasteiger partial charge >= 0.3 is 12.1 Å². The molecule has 176 valence electrons. The van der Waals surface area contributed by atoms with Crippen molar-refractivity contribution in [2.75, 3.05) is 19.6 Å². The number of hydrogen-bond donors (Lipinski definition) is 0. The molecule has 1 unspecified atom stereocenters. The maximum atomic E-state index is 13.6. The van der Waals surface area contributed by atoms with E-state index in [0.29, 0.717) is 32.5 Å². The van der Waals surface area contributed by atoms with Crippen molar-refractivity contribution in [1.29, 1.82) is 0 Å². The van der Waals surface area contributed by atoms with Crippen LogP contribution in [-0.4, -0.2) is 59.0 Å². The van der Waals surface area contributed by atoms with Crippen molar-refractivity contribution in [2.45, 2.75) is 72.1 Å². The lowest BCUT2D eigenvalue weighted by Gasteiger charge is -2.40. The minimum Gasteiger partial charge on any atom is -0.459 e. The Hall–Kier alpha value is -2.57. The molecule has 0 radical (unpaired) electrons. The summed E-state index contributed by atoms with van der Waals surface area (Å²) in [6, 6.07) is 8.88. The maximum Gasteiger partial charge on any atom is 0.410 e. The molecular formula is C25H36N2O5. The van der Waals surface area contributed by atoms with Crippen LogP contribution in [0, 0.1) is 11.3 Å². The zero-order valence-electron chi connectivity index (χ0n) is 19.9. The van der Waals surface area contributed by atoms with Gasteiger partial charge in [0.1, 0.15) is 18.2 Å². The van der Waals surface area contributed by atoms with E-state index in [1.54, 1.807) is 9.80 Å². The number of carbonyl (C=O) groups excluding carboxylic acids is 3. The van der Waals surface area contributed by atoms with Gasteiger partial charge in [-0.3, -0.25) is 4.79 Å². The summed E-state index contributed by atoms with van der Waals surface area (Å²) >= 11 is 0. The van der Waals surface area contributed by atoms with Crippen LogP contribution in [0.5, 0.6) is 0 Å². The molecule has 2 amide bonds. The van der Waals surface area contributed by atoms with Crippen LogP contribution in [0.3, 0.4) is 0 Å². The molecule has 0 saturated carbocycles. The number of rotatable bonds is 5. The highest BCUT2D eigenvalue weighted by Gasteiger charge is 2.53. The number of hydrogen-bond acceptors (Lipinski definition) is 5. The van der Waals surface area contributed by atoms with Crippen molar-refractivity contribution < 1.29 is 23.9 Å². The van der Waals surface area contributed by atoms with E-state index in [1.807, 2.05) is 65.0 Å². The normalized spacial score (nSPS) is 22.4. The molecule has 2 aliphatic heterocycles. The fourth-order valence-corrected chi connectivity index (χ4v) is 4.68. The molecule has 2 aliphatic rings. The van der Waals surface area contributed by atoms with Gasteiger partial charge < -0.3 is 19.3 Å². The number of likely N-dealkylation sites (tertiary alicyclic amines) is 2. The van der Waals surface area contributed by atoms with Crippen molar-refractivity contribution >= 4 is 18.0 Å². The van der Waals surface area contributed by atoms with Gasteiger partial charge in [0.15, 0.2) is 0 Å². The molecular weight excluding hydrogens is 408 g/mol. The summed E-state index contributed by atoms with van der Waals surface area (Å²) < 4.78 is 11.1. The average molecular weight is 445 g/mol. The van der Waals surface area contributed by atoms with Gasteiger partial charge in [0.25, 0.3) is 0 Å². The topological polar surface area (TPSA) is 76.2 Å². The molecule has 1 aromatic carbocycles. The summed E-state index contributed by atoms with van der Waals surface area (Å²) in [6.07, 6.45) is 1.70. The van der Waals surface area contributed by atoms with Crippen molar-refractivity contribution in [3.8, 4) is 0 Å². The van der Waals surface area contributed by atoms with Crippen LogP contribution in [0.1, 0.15) is 59.4 Å². The first-order valence-electron chi connectivity index (χ1n) is 11.5. The fourth-order valence-electron chi connectivity index (χ4n) is 4.68. The molecule has 1 aromatic rings. The summed E-state index contributed by atoms with van der Waals surface area (Å²) in [7, 11) is 0. The number of benzene rings is 1. The third-order valence-electron chi connectivity index (χ3n) is 6.21. The smallest absolute Gasteiger partial charge is 0.410 e. The third kappa shape index (κ3) is 5.43. The summed E-state index contributed by atoms with van der Waals surface area (Å²) in [5.74, 6) is -0.516. The van der Waals surface area contributed by atoms with E-state index < -0.39 is 17.1 Å². The first-order valence-corrected chi connectivity index (χ1v) is 11.5.